The van der Waals surface area contributed by atoms with E-state index in [9.17, 15) is 9.59 Å². The van der Waals surface area contributed by atoms with Crippen molar-refractivity contribution in [3.8, 4) is 0 Å². The number of ether oxygens (including phenoxy) is 1. The van der Waals surface area contributed by atoms with Crippen LogP contribution in [0.4, 0.5) is 22.1 Å². The molecule has 0 fully saturated rings. The van der Waals surface area contributed by atoms with Gasteiger partial charge in [0.05, 0.1) is 6.61 Å². The van der Waals surface area contributed by atoms with Crippen molar-refractivity contribution in [2.75, 3.05) is 17.2 Å². The summed E-state index contributed by atoms with van der Waals surface area (Å²) in [6.45, 7) is 5.77. The van der Waals surface area contributed by atoms with Crippen LogP contribution in [-0.4, -0.2) is 38.6 Å². The molecule has 1 aromatic carbocycles. The maximum absolute atomic E-state index is 12.4. The molecule has 2 heterocycles. The fourth-order valence-electron chi connectivity index (χ4n) is 2.63. The summed E-state index contributed by atoms with van der Waals surface area (Å²) < 4.78 is 4.86. The molecule has 0 spiro atoms. The molecule has 1 amide bonds. The van der Waals surface area contributed by atoms with Crippen LogP contribution in [0.5, 0.6) is 0 Å². The molecule has 0 radical (unpaired) electrons. The molecule has 3 aromatic rings. The maximum atomic E-state index is 12.4. The van der Waals surface area contributed by atoms with Gasteiger partial charge in [-0.25, -0.2) is 14.8 Å². The third-order valence-corrected chi connectivity index (χ3v) is 4.23. The molecule has 150 valence electrons. The highest BCUT2D eigenvalue weighted by molar-refractivity contribution is 5.97. The lowest BCUT2D eigenvalue weighted by atomic mass is 10.1. The predicted octanol–water partition coefficient (Wildman–Crippen LogP) is 3.55. The van der Waals surface area contributed by atoms with Crippen LogP contribution >= 0.6 is 0 Å². The number of Topliss-reactive ketones (excluding diaryl/α,β-unsaturated/α-hetero) is 1. The molecule has 0 saturated heterocycles. The van der Waals surface area contributed by atoms with E-state index >= 15 is 0 Å². The first-order valence-corrected chi connectivity index (χ1v) is 9.12. The number of aromatic amines is 1. The van der Waals surface area contributed by atoms with Crippen LogP contribution in [0, 0.1) is 13.8 Å². The van der Waals surface area contributed by atoms with Crippen LogP contribution < -0.4 is 10.6 Å². The fourth-order valence-corrected chi connectivity index (χ4v) is 2.63. The average Bonchev–Trinajstić information content (AvgIpc) is 3.03. The molecule has 0 atom stereocenters. The van der Waals surface area contributed by atoms with E-state index in [1.807, 2.05) is 19.9 Å². The highest BCUT2D eigenvalue weighted by Crippen LogP contribution is 2.18. The molecule has 9 heteroatoms. The Balaban J connectivity index is 1.63. The first-order chi connectivity index (χ1) is 14.0. The maximum Gasteiger partial charge on any atom is 0.411 e. The van der Waals surface area contributed by atoms with Crippen molar-refractivity contribution in [3.05, 3.63) is 59.2 Å². The number of anilines is 3. The number of hydrogen-bond donors (Lipinski definition) is 3. The SMILES string of the molecule is CCOC(=O)Nc1cccc(Nc2ncc(CC(=O)c3n[nH]c(C)c3C)cn2)c1. The van der Waals surface area contributed by atoms with Gasteiger partial charge in [-0.2, -0.15) is 5.10 Å². The van der Waals surface area contributed by atoms with Crippen molar-refractivity contribution < 1.29 is 14.3 Å². The number of amides is 1. The van der Waals surface area contributed by atoms with Gasteiger partial charge in [-0.1, -0.05) is 6.07 Å². The van der Waals surface area contributed by atoms with Crippen LogP contribution in [0.15, 0.2) is 36.7 Å². The van der Waals surface area contributed by atoms with Crippen LogP contribution in [0.2, 0.25) is 0 Å². The van der Waals surface area contributed by atoms with E-state index in [0.717, 1.165) is 11.3 Å². The lowest BCUT2D eigenvalue weighted by Gasteiger charge is -2.09. The normalized spacial score (nSPS) is 10.4. The van der Waals surface area contributed by atoms with Gasteiger partial charge in [0.15, 0.2) is 5.78 Å². The number of benzene rings is 1. The molecule has 3 N–H and O–H groups in total. The number of aryl methyl sites for hydroxylation is 1. The van der Waals surface area contributed by atoms with E-state index in [-0.39, 0.29) is 12.2 Å². The van der Waals surface area contributed by atoms with Crippen LogP contribution in [0.25, 0.3) is 0 Å². The van der Waals surface area contributed by atoms with Crippen LogP contribution in [-0.2, 0) is 11.2 Å². The van der Waals surface area contributed by atoms with Gasteiger partial charge < -0.3 is 10.1 Å². The zero-order valence-corrected chi connectivity index (χ0v) is 16.4. The molecule has 2 aromatic heterocycles. The third-order valence-electron chi connectivity index (χ3n) is 4.23. The lowest BCUT2D eigenvalue weighted by Crippen LogP contribution is -2.13. The van der Waals surface area contributed by atoms with Crippen LogP contribution in [0.3, 0.4) is 0 Å². The molecular weight excluding hydrogens is 372 g/mol. The summed E-state index contributed by atoms with van der Waals surface area (Å²) in [5, 5.41) is 12.6. The summed E-state index contributed by atoms with van der Waals surface area (Å²) in [5.41, 5.74) is 4.15. The summed E-state index contributed by atoms with van der Waals surface area (Å²) in [5.74, 6) is 0.287. The van der Waals surface area contributed by atoms with Gasteiger partial charge in [-0.05, 0) is 44.5 Å². The van der Waals surface area contributed by atoms with Gasteiger partial charge in [0.25, 0.3) is 0 Å². The average molecular weight is 394 g/mol. The predicted molar refractivity (Wildman–Crippen MR) is 108 cm³/mol. The molecule has 0 bridgehead atoms. The molecule has 0 aliphatic heterocycles. The first-order valence-electron chi connectivity index (χ1n) is 9.12. The van der Waals surface area contributed by atoms with E-state index in [1.54, 1.807) is 37.5 Å². The smallest absolute Gasteiger partial charge is 0.411 e. The van der Waals surface area contributed by atoms with Crippen molar-refractivity contribution in [2.24, 2.45) is 0 Å². The second-order valence-electron chi connectivity index (χ2n) is 6.39. The number of rotatable bonds is 7. The van der Waals surface area contributed by atoms with Gasteiger partial charge in [-0.3, -0.25) is 15.2 Å². The Morgan fingerprint density at radius 1 is 1.14 bits per heavy atom. The Morgan fingerprint density at radius 3 is 2.52 bits per heavy atom. The largest absolute Gasteiger partial charge is 0.450 e. The second-order valence-corrected chi connectivity index (χ2v) is 6.39. The Morgan fingerprint density at radius 2 is 1.86 bits per heavy atom. The molecule has 0 saturated carbocycles. The van der Waals surface area contributed by atoms with E-state index in [0.29, 0.717) is 35.2 Å². The van der Waals surface area contributed by atoms with Crippen molar-refractivity contribution in [1.82, 2.24) is 20.2 Å². The molecule has 0 unspecified atom stereocenters. The highest BCUT2D eigenvalue weighted by Gasteiger charge is 2.15. The number of nitrogens with zero attached hydrogens (tertiary/aromatic N) is 3. The first kappa shape index (κ1) is 20.0. The summed E-state index contributed by atoms with van der Waals surface area (Å²) in [4.78, 5) is 32.4. The van der Waals surface area contributed by atoms with Gasteiger partial charge >= 0.3 is 6.09 Å². The Hall–Kier alpha value is -3.75. The summed E-state index contributed by atoms with van der Waals surface area (Å²) in [6, 6.07) is 7.09. The van der Waals surface area contributed by atoms with Crippen molar-refractivity contribution in [3.63, 3.8) is 0 Å². The van der Waals surface area contributed by atoms with Crippen molar-refractivity contribution in [2.45, 2.75) is 27.2 Å². The fraction of sp³-hybridized carbons (Fsp3) is 0.250. The van der Waals surface area contributed by atoms with Gasteiger partial charge in [0, 0.05) is 41.4 Å². The Kier molecular flexibility index (Phi) is 6.18. The Bertz CT molecular complexity index is 1010. The van der Waals surface area contributed by atoms with E-state index in [2.05, 4.69) is 30.8 Å². The Labute approximate surface area is 167 Å². The minimum atomic E-state index is -0.516. The standard InChI is InChI=1S/C20H22N6O3/c1-4-29-20(28)24-16-7-5-6-15(9-16)23-19-21-10-14(11-22-19)8-17(27)18-12(2)13(3)25-26-18/h5-7,9-11H,4,8H2,1-3H3,(H,24,28)(H,25,26)(H,21,22,23). The number of aromatic nitrogens is 4. The molecule has 3 rings (SSSR count). The quantitative estimate of drug-likeness (QED) is 0.524. The van der Waals surface area contributed by atoms with Gasteiger partial charge in [0.2, 0.25) is 5.95 Å². The van der Waals surface area contributed by atoms with Crippen LogP contribution in [0.1, 0.15) is 34.2 Å². The van der Waals surface area contributed by atoms with E-state index in [4.69, 9.17) is 4.74 Å². The number of nitrogens with one attached hydrogen (secondary N) is 3. The molecule has 29 heavy (non-hydrogen) atoms. The zero-order chi connectivity index (χ0) is 20.8. The summed E-state index contributed by atoms with van der Waals surface area (Å²) >= 11 is 0. The number of carbonyl (C=O) groups excluding carboxylic acids is 2. The second kappa shape index (κ2) is 8.96. The van der Waals surface area contributed by atoms with E-state index < -0.39 is 6.09 Å². The number of carbonyl (C=O) groups is 2. The van der Waals surface area contributed by atoms with Crippen molar-refractivity contribution in [1.29, 1.82) is 0 Å². The van der Waals surface area contributed by atoms with Crippen molar-refractivity contribution >= 4 is 29.2 Å². The summed E-state index contributed by atoms with van der Waals surface area (Å²) in [6.07, 6.45) is 2.85. The third kappa shape index (κ3) is 5.16. The molecule has 0 aliphatic rings. The van der Waals surface area contributed by atoms with E-state index in [1.165, 1.54) is 0 Å². The molecular formula is C20H22N6O3. The topological polar surface area (TPSA) is 122 Å². The number of hydrogen-bond acceptors (Lipinski definition) is 7. The minimum Gasteiger partial charge on any atom is -0.450 e. The number of H-pyrrole nitrogens is 1. The van der Waals surface area contributed by atoms with Gasteiger partial charge in [0.1, 0.15) is 5.69 Å². The minimum absolute atomic E-state index is 0.0890. The summed E-state index contributed by atoms with van der Waals surface area (Å²) in [7, 11) is 0. The zero-order valence-electron chi connectivity index (χ0n) is 16.4. The molecule has 9 nitrogen and oxygen atoms in total. The van der Waals surface area contributed by atoms with Gasteiger partial charge in [-0.15, -0.1) is 0 Å². The lowest BCUT2D eigenvalue weighted by molar-refractivity contribution is 0.0987. The monoisotopic (exact) mass is 394 g/mol. The number of ketones is 1. The molecule has 0 aliphatic carbocycles. The highest BCUT2D eigenvalue weighted by atomic mass is 16.5.